The zero-order chi connectivity index (χ0) is 28.6. The average molecular weight is 569 g/mol. The van der Waals surface area contributed by atoms with Gasteiger partial charge in [0.2, 0.25) is 0 Å². The number of ether oxygens (including phenoxy) is 1. The molecular weight excluding hydrogens is 537 g/mol. The van der Waals surface area contributed by atoms with Crippen molar-refractivity contribution >= 4 is 30.0 Å². The number of rotatable bonds is 8. The van der Waals surface area contributed by atoms with Crippen molar-refractivity contribution in [1.29, 1.82) is 0 Å². The number of alkyl halides is 3. The third kappa shape index (κ3) is 6.81. The van der Waals surface area contributed by atoms with E-state index in [1.54, 1.807) is 6.92 Å². The summed E-state index contributed by atoms with van der Waals surface area (Å²) in [6.07, 6.45) is 0.712. The molecule has 2 rings (SSSR count). The molecule has 1 aromatic carbocycles. The summed E-state index contributed by atoms with van der Waals surface area (Å²) < 4.78 is 77.4. The number of carbonyl (C=O) groups is 1. The molecule has 0 saturated carbocycles. The minimum absolute atomic E-state index is 0.183. The fraction of sp³-hybridized carbons (Fsp3) is 0.591. The number of hydrogen-bond acceptors (Lipinski definition) is 8. The summed E-state index contributed by atoms with van der Waals surface area (Å²) in [6, 6.07) is 1.36. The Balaban J connectivity index is 2.53. The maximum atomic E-state index is 13.5. The largest absolute Gasteiger partial charge is 0.534 e. The highest BCUT2D eigenvalue weighted by molar-refractivity contribution is 7.87. The molecular formula is C22H31F3N2O8SSi. The first kappa shape index (κ1) is 30.6. The molecule has 1 heterocycles. The lowest BCUT2D eigenvalue weighted by molar-refractivity contribution is -0.385. The van der Waals surface area contributed by atoms with E-state index in [1.165, 1.54) is 24.1 Å². The van der Waals surface area contributed by atoms with Crippen LogP contribution in [0.3, 0.4) is 0 Å². The van der Waals surface area contributed by atoms with Crippen molar-refractivity contribution in [2.75, 3.05) is 20.3 Å². The molecule has 0 unspecified atom stereocenters. The molecule has 1 aliphatic heterocycles. The van der Waals surface area contributed by atoms with Crippen LogP contribution in [0.15, 0.2) is 24.0 Å². The first-order chi connectivity index (χ1) is 16.7. The summed E-state index contributed by atoms with van der Waals surface area (Å²) in [5, 5.41) is 11.4. The molecule has 1 aromatic rings. The molecule has 1 amide bonds. The van der Waals surface area contributed by atoms with Crippen LogP contribution in [0, 0.1) is 17.0 Å². The number of aryl methyl sites for hydroxylation is 1. The maximum Gasteiger partial charge on any atom is 0.534 e. The number of methoxy groups -OCH3 is 1. The van der Waals surface area contributed by atoms with Crippen molar-refractivity contribution in [3.63, 3.8) is 0 Å². The second-order valence-corrected chi connectivity index (χ2v) is 16.4. The summed E-state index contributed by atoms with van der Waals surface area (Å²) in [4.78, 5) is 25.7. The fourth-order valence-electron chi connectivity index (χ4n) is 3.31. The number of benzene rings is 1. The normalized spacial score (nSPS) is 17.3. The molecule has 0 radical (unpaired) electrons. The van der Waals surface area contributed by atoms with Crippen LogP contribution in [0.5, 0.6) is 5.75 Å². The summed E-state index contributed by atoms with van der Waals surface area (Å²) >= 11 is 0. The molecule has 0 aliphatic carbocycles. The summed E-state index contributed by atoms with van der Waals surface area (Å²) in [7, 11) is -7.00. The summed E-state index contributed by atoms with van der Waals surface area (Å²) in [5.74, 6) is -1.06. The van der Waals surface area contributed by atoms with Crippen molar-refractivity contribution in [1.82, 2.24) is 4.90 Å². The smallest absolute Gasteiger partial charge is 0.496 e. The number of nitro groups is 1. The standard InChI is InChI=1S/C22H31F3N2O8SSi/c1-14-10-18(27(29)30)17(12-19(14)33-5)20(28)26-9-8-16(35-36(31,32)22(23,24)25)11-15(26)13-34-37(6,7)21(2,3)4/h10-12,15H,8-9,13H2,1-7H3/t15-/m0/s1. The molecule has 10 nitrogen and oxygen atoms in total. The molecule has 0 N–H and O–H groups in total. The highest BCUT2D eigenvalue weighted by atomic mass is 32.2. The van der Waals surface area contributed by atoms with E-state index in [0.29, 0.717) is 5.56 Å². The lowest BCUT2D eigenvalue weighted by Gasteiger charge is -2.40. The first-order valence-corrected chi connectivity index (χ1v) is 15.5. The molecule has 208 valence electrons. The van der Waals surface area contributed by atoms with Gasteiger partial charge in [0.1, 0.15) is 17.1 Å². The van der Waals surface area contributed by atoms with Crippen LogP contribution in [0.25, 0.3) is 0 Å². The lowest BCUT2D eigenvalue weighted by atomic mass is 10.0. The molecule has 0 spiro atoms. The van der Waals surface area contributed by atoms with Gasteiger partial charge in [0.25, 0.3) is 11.6 Å². The van der Waals surface area contributed by atoms with Crippen molar-refractivity contribution in [3.8, 4) is 5.75 Å². The topological polar surface area (TPSA) is 125 Å². The third-order valence-corrected chi connectivity index (χ3v) is 12.0. The van der Waals surface area contributed by atoms with Gasteiger partial charge >= 0.3 is 15.6 Å². The quantitative estimate of drug-likeness (QED) is 0.143. The predicted molar refractivity (Wildman–Crippen MR) is 131 cm³/mol. The van der Waals surface area contributed by atoms with E-state index >= 15 is 0 Å². The van der Waals surface area contributed by atoms with Gasteiger partial charge in [-0.25, -0.2) is 0 Å². The van der Waals surface area contributed by atoms with Gasteiger partial charge in [-0.05, 0) is 36.7 Å². The first-order valence-electron chi connectivity index (χ1n) is 11.2. The third-order valence-electron chi connectivity index (χ3n) is 6.50. The highest BCUT2D eigenvalue weighted by Gasteiger charge is 2.49. The molecule has 0 bridgehead atoms. The van der Waals surface area contributed by atoms with E-state index in [4.69, 9.17) is 9.16 Å². The Hall–Kier alpha value is -2.65. The number of nitrogens with zero attached hydrogens (tertiary/aromatic N) is 2. The van der Waals surface area contributed by atoms with Crippen molar-refractivity contribution in [3.05, 3.63) is 45.2 Å². The molecule has 0 aromatic heterocycles. The second kappa shape index (κ2) is 10.6. The number of amides is 1. The van der Waals surface area contributed by atoms with Crippen LogP contribution in [0.1, 0.15) is 43.1 Å². The number of carbonyl (C=O) groups excluding carboxylic acids is 1. The van der Waals surface area contributed by atoms with Crippen molar-refractivity contribution in [2.45, 2.75) is 63.8 Å². The van der Waals surface area contributed by atoms with Crippen LogP contribution < -0.4 is 4.74 Å². The van der Waals surface area contributed by atoms with Gasteiger partial charge in [-0.2, -0.15) is 21.6 Å². The number of halogens is 3. The Labute approximate surface area is 214 Å². The Morgan fingerprint density at radius 2 is 1.84 bits per heavy atom. The van der Waals surface area contributed by atoms with Gasteiger partial charge in [-0.3, -0.25) is 14.9 Å². The van der Waals surface area contributed by atoms with E-state index in [9.17, 15) is 36.5 Å². The van der Waals surface area contributed by atoms with Crippen molar-refractivity contribution in [2.24, 2.45) is 0 Å². The minimum atomic E-state index is -5.92. The number of nitro benzene ring substituents is 1. The van der Waals surface area contributed by atoms with Crippen LogP contribution in [-0.4, -0.2) is 64.3 Å². The van der Waals surface area contributed by atoms with E-state index in [1.807, 2.05) is 33.9 Å². The summed E-state index contributed by atoms with van der Waals surface area (Å²) in [5.41, 5.74) is -5.97. The average Bonchev–Trinajstić information content (AvgIpc) is 2.75. The molecule has 0 saturated heterocycles. The van der Waals surface area contributed by atoms with E-state index < -0.39 is 52.3 Å². The zero-order valence-corrected chi connectivity index (χ0v) is 23.4. The monoisotopic (exact) mass is 568 g/mol. The van der Waals surface area contributed by atoms with Crippen LogP contribution in [-0.2, 0) is 18.7 Å². The second-order valence-electron chi connectivity index (χ2n) is 10.1. The molecule has 15 heteroatoms. The van der Waals surface area contributed by atoms with E-state index in [0.717, 1.165) is 6.08 Å². The predicted octanol–water partition coefficient (Wildman–Crippen LogP) is 4.90. The molecule has 1 aliphatic rings. The fourth-order valence-corrected chi connectivity index (χ4v) is 4.85. The Kier molecular flexibility index (Phi) is 8.77. The van der Waals surface area contributed by atoms with Gasteiger partial charge < -0.3 is 18.2 Å². The van der Waals surface area contributed by atoms with Gasteiger partial charge in [0.15, 0.2) is 8.32 Å². The Morgan fingerprint density at radius 3 is 2.32 bits per heavy atom. The van der Waals surface area contributed by atoms with Crippen LogP contribution >= 0.6 is 0 Å². The molecule has 37 heavy (non-hydrogen) atoms. The Morgan fingerprint density at radius 1 is 1.24 bits per heavy atom. The lowest BCUT2D eigenvalue weighted by Crippen LogP contribution is -2.49. The molecule has 0 fully saturated rings. The minimum Gasteiger partial charge on any atom is -0.496 e. The zero-order valence-electron chi connectivity index (χ0n) is 21.6. The van der Waals surface area contributed by atoms with Crippen molar-refractivity contribution < 1.29 is 44.7 Å². The van der Waals surface area contributed by atoms with Crippen LogP contribution in [0.4, 0.5) is 18.9 Å². The number of hydrogen-bond donors (Lipinski definition) is 0. The SMILES string of the molecule is COc1cc(C(=O)N2CCC(OS(=O)(=O)C(F)(F)F)=C[C@H]2CO[Si](C)(C)C(C)(C)C)c([N+](=O)[O-])cc1C. The van der Waals surface area contributed by atoms with E-state index in [2.05, 4.69) is 4.18 Å². The van der Waals surface area contributed by atoms with Gasteiger partial charge in [-0.1, -0.05) is 20.8 Å². The van der Waals surface area contributed by atoms with Crippen LogP contribution in [0.2, 0.25) is 18.1 Å². The van der Waals surface area contributed by atoms with E-state index in [-0.39, 0.29) is 35.9 Å². The Bertz CT molecular complexity index is 1190. The van der Waals surface area contributed by atoms with Gasteiger partial charge in [0.05, 0.1) is 24.7 Å². The van der Waals surface area contributed by atoms with Gasteiger partial charge in [0, 0.05) is 25.1 Å². The summed E-state index contributed by atoms with van der Waals surface area (Å²) in [6.45, 7) is 10.9. The van der Waals surface area contributed by atoms with Gasteiger partial charge in [-0.15, -0.1) is 0 Å². The molecule has 1 atom stereocenters. The maximum absolute atomic E-state index is 13.5. The highest BCUT2D eigenvalue weighted by Crippen LogP contribution is 2.38.